The van der Waals surface area contributed by atoms with Crippen LogP contribution in [0.4, 0.5) is 5.82 Å². The average molecular weight is 321 g/mol. The van der Waals surface area contributed by atoms with Crippen LogP contribution in [0.15, 0.2) is 22.8 Å². The van der Waals surface area contributed by atoms with E-state index in [9.17, 15) is 0 Å². The molecule has 1 aromatic heterocycles. The lowest BCUT2D eigenvalue weighted by Crippen LogP contribution is -1.97. The Labute approximate surface area is 111 Å². The highest BCUT2D eigenvalue weighted by atomic mass is 79.9. The molecule has 0 spiro atoms. The molecular weight excluding hydrogens is 313 g/mol. The lowest BCUT2D eigenvalue weighted by molar-refractivity contribution is 0.885. The first kappa shape index (κ1) is 11.8. The van der Waals surface area contributed by atoms with Gasteiger partial charge in [-0.1, -0.05) is 23.2 Å². The third-order valence-corrected chi connectivity index (χ3v) is 3.96. The van der Waals surface area contributed by atoms with Crippen LogP contribution in [-0.4, -0.2) is 9.78 Å². The Hall–Kier alpha value is -0.710. The number of aromatic nitrogens is 2. The summed E-state index contributed by atoms with van der Waals surface area (Å²) < 4.78 is 2.37. The van der Waals surface area contributed by atoms with E-state index in [2.05, 4.69) is 21.0 Å². The SMILES string of the molecule is Cc1cn(-c2ccc(Br)c(Cl)c2Cl)nc1N. The average Bonchev–Trinajstić information content (AvgIpc) is 2.56. The predicted octanol–water partition coefficient (Wildman–Crippen LogP) is 3.83. The van der Waals surface area contributed by atoms with Gasteiger partial charge < -0.3 is 5.73 Å². The smallest absolute Gasteiger partial charge is 0.148 e. The highest BCUT2D eigenvalue weighted by molar-refractivity contribution is 9.10. The molecule has 0 radical (unpaired) electrons. The normalized spacial score (nSPS) is 10.8. The molecule has 0 unspecified atom stereocenters. The molecule has 0 saturated carbocycles. The zero-order valence-corrected chi connectivity index (χ0v) is 11.4. The standard InChI is InChI=1S/C10H8BrCl2N3/c1-5-4-16(15-10(5)14)7-3-2-6(11)8(12)9(7)13/h2-4H,1H3,(H2,14,15). The maximum Gasteiger partial charge on any atom is 0.148 e. The Morgan fingerprint density at radius 3 is 2.56 bits per heavy atom. The summed E-state index contributed by atoms with van der Waals surface area (Å²) in [6.45, 7) is 1.88. The Morgan fingerprint density at radius 2 is 2.00 bits per heavy atom. The van der Waals surface area contributed by atoms with Gasteiger partial charge in [-0.15, -0.1) is 0 Å². The number of hydrogen-bond donors (Lipinski definition) is 1. The lowest BCUT2D eigenvalue weighted by Gasteiger charge is -2.06. The lowest BCUT2D eigenvalue weighted by atomic mass is 10.3. The topological polar surface area (TPSA) is 43.8 Å². The van der Waals surface area contributed by atoms with Gasteiger partial charge in [-0.25, -0.2) is 4.68 Å². The molecule has 16 heavy (non-hydrogen) atoms. The van der Waals surface area contributed by atoms with Crippen molar-refractivity contribution in [3.63, 3.8) is 0 Å². The molecule has 0 saturated heterocycles. The van der Waals surface area contributed by atoms with Crippen molar-refractivity contribution in [3.8, 4) is 5.69 Å². The van der Waals surface area contributed by atoms with Gasteiger partial charge in [0.05, 0.1) is 15.7 Å². The summed E-state index contributed by atoms with van der Waals surface area (Å²) in [6.07, 6.45) is 1.81. The molecule has 84 valence electrons. The van der Waals surface area contributed by atoms with Crippen LogP contribution in [0, 0.1) is 6.92 Å². The van der Waals surface area contributed by atoms with Gasteiger partial charge in [0.25, 0.3) is 0 Å². The third kappa shape index (κ3) is 1.93. The van der Waals surface area contributed by atoms with Crippen molar-refractivity contribution >= 4 is 44.9 Å². The molecule has 0 fully saturated rings. The summed E-state index contributed by atoms with van der Waals surface area (Å²) in [7, 11) is 0. The van der Waals surface area contributed by atoms with Crippen LogP contribution < -0.4 is 5.73 Å². The quantitative estimate of drug-likeness (QED) is 0.811. The number of nitrogens with two attached hydrogens (primary N) is 1. The molecule has 1 heterocycles. The molecule has 2 aromatic rings. The van der Waals surface area contributed by atoms with Crippen molar-refractivity contribution < 1.29 is 0 Å². The summed E-state index contributed by atoms with van der Waals surface area (Å²) >= 11 is 15.5. The van der Waals surface area contributed by atoms with Gasteiger partial charge in [0.1, 0.15) is 5.82 Å². The summed E-state index contributed by atoms with van der Waals surface area (Å²) in [5.41, 5.74) is 7.28. The van der Waals surface area contributed by atoms with E-state index in [1.54, 1.807) is 10.9 Å². The highest BCUT2D eigenvalue weighted by Crippen LogP contribution is 2.34. The van der Waals surface area contributed by atoms with E-state index in [1.165, 1.54) is 0 Å². The number of rotatable bonds is 1. The number of aryl methyl sites for hydroxylation is 1. The van der Waals surface area contributed by atoms with Crippen LogP contribution in [0.25, 0.3) is 5.69 Å². The molecule has 6 heteroatoms. The molecule has 2 rings (SSSR count). The minimum absolute atomic E-state index is 0.443. The van der Waals surface area contributed by atoms with Crippen molar-refractivity contribution in [2.24, 2.45) is 0 Å². The molecule has 0 atom stereocenters. The number of anilines is 1. The second-order valence-electron chi connectivity index (χ2n) is 3.34. The van der Waals surface area contributed by atoms with Crippen molar-refractivity contribution in [2.75, 3.05) is 5.73 Å². The van der Waals surface area contributed by atoms with Crippen molar-refractivity contribution in [1.82, 2.24) is 9.78 Å². The van der Waals surface area contributed by atoms with Crippen LogP contribution in [0.5, 0.6) is 0 Å². The van der Waals surface area contributed by atoms with Gasteiger partial charge in [-0.2, -0.15) is 5.10 Å². The zero-order chi connectivity index (χ0) is 11.9. The van der Waals surface area contributed by atoms with Gasteiger partial charge in [0.2, 0.25) is 0 Å². The highest BCUT2D eigenvalue weighted by Gasteiger charge is 2.11. The van der Waals surface area contributed by atoms with Crippen LogP contribution in [0.1, 0.15) is 5.56 Å². The summed E-state index contributed by atoms with van der Waals surface area (Å²) in [6, 6.07) is 3.64. The fraction of sp³-hybridized carbons (Fsp3) is 0.100. The van der Waals surface area contributed by atoms with Crippen molar-refractivity contribution in [2.45, 2.75) is 6.92 Å². The number of nitrogens with zero attached hydrogens (tertiary/aromatic N) is 2. The van der Waals surface area contributed by atoms with Gasteiger partial charge in [-0.3, -0.25) is 0 Å². The summed E-state index contributed by atoms with van der Waals surface area (Å²) in [4.78, 5) is 0. The van der Waals surface area contributed by atoms with Gasteiger partial charge in [-0.05, 0) is 35.0 Å². The zero-order valence-electron chi connectivity index (χ0n) is 8.34. The molecule has 0 amide bonds. The molecule has 0 aliphatic heterocycles. The molecule has 0 aliphatic carbocycles. The molecule has 1 aromatic carbocycles. The Morgan fingerprint density at radius 1 is 1.31 bits per heavy atom. The van der Waals surface area contributed by atoms with Crippen LogP contribution in [0.2, 0.25) is 10.0 Å². The fourth-order valence-electron chi connectivity index (χ4n) is 1.29. The third-order valence-electron chi connectivity index (χ3n) is 2.20. The second-order valence-corrected chi connectivity index (χ2v) is 4.95. The number of nitrogen functional groups attached to an aromatic ring is 1. The van der Waals surface area contributed by atoms with E-state index in [0.29, 0.717) is 21.6 Å². The van der Waals surface area contributed by atoms with Crippen molar-refractivity contribution in [1.29, 1.82) is 0 Å². The van der Waals surface area contributed by atoms with E-state index in [-0.39, 0.29) is 0 Å². The predicted molar refractivity (Wildman–Crippen MR) is 70.4 cm³/mol. The van der Waals surface area contributed by atoms with E-state index in [1.807, 2.05) is 19.1 Å². The Bertz CT molecular complexity index is 532. The summed E-state index contributed by atoms with van der Waals surface area (Å²) in [5.74, 6) is 0.482. The maximum absolute atomic E-state index is 6.13. The van der Waals surface area contributed by atoms with Crippen LogP contribution in [-0.2, 0) is 0 Å². The molecule has 3 nitrogen and oxygen atoms in total. The molecule has 0 aliphatic rings. The first-order valence-corrected chi connectivity index (χ1v) is 6.01. The largest absolute Gasteiger partial charge is 0.382 e. The van der Waals surface area contributed by atoms with E-state index in [0.717, 1.165) is 10.0 Å². The maximum atomic E-state index is 6.13. The minimum atomic E-state index is 0.443. The van der Waals surface area contributed by atoms with Gasteiger partial charge in [0.15, 0.2) is 0 Å². The molecule has 0 bridgehead atoms. The summed E-state index contributed by atoms with van der Waals surface area (Å²) in [5, 5.41) is 5.06. The van der Waals surface area contributed by atoms with Crippen LogP contribution >= 0.6 is 39.1 Å². The Kier molecular flexibility index (Phi) is 3.15. The number of halogens is 3. The minimum Gasteiger partial charge on any atom is -0.382 e. The number of benzene rings is 1. The molecule has 2 N–H and O–H groups in total. The first-order valence-electron chi connectivity index (χ1n) is 4.46. The van der Waals surface area contributed by atoms with E-state index >= 15 is 0 Å². The molecular formula is C10H8BrCl2N3. The van der Waals surface area contributed by atoms with Gasteiger partial charge in [0, 0.05) is 16.2 Å². The fourth-order valence-corrected chi connectivity index (χ4v) is 2.15. The van der Waals surface area contributed by atoms with Crippen LogP contribution in [0.3, 0.4) is 0 Å². The van der Waals surface area contributed by atoms with E-state index < -0.39 is 0 Å². The van der Waals surface area contributed by atoms with Crippen molar-refractivity contribution in [3.05, 3.63) is 38.4 Å². The number of hydrogen-bond acceptors (Lipinski definition) is 2. The Balaban J connectivity index is 2.61. The second kappa shape index (κ2) is 4.28. The monoisotopic (exact) mass is 319 g/mol. The van der Waals surface area contributed by atoms with Gasteiger partial charge >= 0.3 is 0 Å². The first-order chi connectivity index (χ1) is 7.50. The van der Waals surface area contributed by atoms with E-state index in [4.69, 9.17) is 28.9 Å².